The molecule has 1 aromatic carbocycles. The third-order valence-corrected chi connectivity index (χ3v) is 6.10. The molecule has 2 aromatic rings. The average molecular weight is 389 g/mol. The lowest BCUT2D eigenvalue weighted by Gasteiger charge is -2.32. The maximum Gasteiger partial charge on any atom is 0.258 e. The van der Waals surface area contributed by atoms with Crippen LogP contribution in [0.25, 0.3) is 10.9 Å². The number of fused-ring (bicyclic) bond motifs is 1. The lowest BCUT2D eigenvalue weighted by molar-refractivity contribution is -0.132. The highest BCUT2D eigenvalue weighted by molar-refractivity contribution is 7.98. The number of amides is 1. The Morgan fingerprint density at radius 2 is 2.11 bits per heavy atom. The number of nitrogens with zero attached hydrogens (tertiary/aromatic N) is 2. The zero-order valence-corrected chi connectivity index (χ0v) is 16.7. The number of rotatable bonds is 8. The van der Waals surface area contributed by atoms with Crippen molar-refractivity contribution < 1.29 is 4.79 Å². The molecule has 0 radical (unpaired) electrons. The van der Waals surface area contributed by atoms with E-state index in [1.807, 2.05) is 30.1 Å². The minimum absolute atomic E-state index is 0.103. The normalized spacial score (nSPS) is 15.4. The molecule has 0 bridgehead atoms. The largest absolute Gasteiger partial charge is 0.343 e. The number of piperidine rings is 1. The highest BCUT2D eigenvalue weighted by Gasteiger charge is 2.22. The van der Waals surface area contributed by atoms with Gasteiger partial charge in [-0.05, 0) is 50.9 Å². The van der Waals surface area contributed by atoms with E-state index in [0.29, 0.717) is 28.9 Å². The van der Waals surface area contributed by atoms with Gasteiger partial charge in [-0.25, -0.2) is 4.98 Å². The van der Waals surface area contributed by atoms with Crippen molar-refractivity contribution in [2.24, 2.45) is 5.92 Å². The van der Waals surface area contributed by atoms with Crippen LogP contribution in [-0.4, -0.2) is 53.2 Å². The Morgan fingerprint density at radius 3 is 2.89 bits per heavy atom. The van der Waals surface area contributed by atoms with E-state index in [1.54, 1.807) is 17.8 Å². The minimum atomic E-state index is -0.103. The summed E-state index contributed by atoms with van der Waals surface area (Å²) in [5.41, 5.74) is 0.613. The van der Waals surface area contributed by atoms with E-state index in [1.165, 1.54) is 6.42 Å². The first-order valence-corrected chi connectivity index (χ1v) is 10.8. The Morgan fingerprint density at radius 1 is 1.33 bits per heavy atom. The molecule has 0 saturated carbocycles. The van der Waals surface area contributed by atoms with E-state index in [2.05, 4.69) is 15.3 Å². The Balaban J connectivity index is 1.40. The van der Waals surface area contributed by atoms with Crippen LogP contribution in [0.4, 0.5) is 0 Å². The van der Waals surface area contributed by atoms with E-state index in [9.17, 15) is 9.59 Å². The van der Waals surface area contributed by atoms with Gasteiger partial charge in [0.25, 0.3) is 5.56 Å². The van der Waals surface area contributed by atoms with Crippen LogP contribution in [0.2, 0.25) is 0 Å². The molecular weight excluding hydrogens is 360 g/mol. The molecule has 1 saturated heterocycles. The number of aromatic amines is 1. The van der Waals surface area contributed by atoms with Gasteiger partial charge in [0.15, 0.2) is 0 Å². The molecule has 2 heterocycles. The molecule has 27 heavy (non-hydrogen) atoms. The van der Waals surface area contributed by atoms with Crippen LogP contribution in [0.1, 0.15) is 31.5 Å². The first-order valence-electron chi connectivity index (χ1n) is 9.65. The van der Waals surface area contributed by atoms with Crippen molar-refractivity contribution in [3.63, 3.8) is 0 Å². The summed E-state index contributed by atoms with van der Waals surface area (Å²) in [4.78, 5) is 33.8. The molecule has 0 aliphatic carbocycles. The zero-order chi connectivity index (χ0) is 19.1. The molecule has 146 valence electrons. The van der Waals surface area contributed by atoms with Gasteiger partial charge >= 0.3 is 0 Å². The van der Waals surface area contributed by atoms with Crippen molar-refractivity contribution in [2.75, 3.05) is 32.4 Å². The Hall–Kier alpha value is -1.86. The third kappa shape index (κ3) is 5.56. The number of para-hydroxylation sites is 1. The van der Waals surface area contributed by atoms with Crippen LogP contribution in [0.3, 0.4) is 0 Å². The lowest BCUT2D eigenvalue weighted by Crippen LogP contribution is -2.39. The number of carbonyl (C=O) groups excluding carboxylic acids is 1. The van der Waals surface area contributed by atoms with Gasteiger partial charge in [-0.15, -0.1) is 0 Å². The van der Waals surface area contributed by atoms with Crippen molar-refractivity contribution in [1.29, 1.82) is 0 Å². The van der Waals surface area contributed by atoms with Gasteiger partial charge in [0, 0.05) is 25.3 Å². The van der Waals surface area contributed by atoms with Crippen molar-refractivity contribution in [3.8, 4) is 0 Å². The first-order chi connectivity index (χ1) is 13.2. The van der Waals surface area contributed by atoms with Crippen molar-refractivity contribution >= 4 is 28.6 Å². The van der Waals surface area contributed by atoms with E-state index in [0.717, 1.165) is 44.1 Å². The molecule has 0 atom stereocenters. The van der Waals surface area contributed by atoms with E-state index >= 15 is 0 Å². The quantitative estimate of drug-likeness (QED) is 0.679. The van der Waals surface area contributed by atoms with E-state index < -0.39 is 0 Å². The number of carbonyl (C=O) groups is 1. The van der Waals surface area contributed by atoms with Crippen LogP contribution in [0.5, 0.6) is 0 Å². The smallest absolute Gasteiger partial charge is 0.258 e. The van der Waals surface area contributed by atoms with Crippen molar-refractivity contribution in [1.82, 2.24) is 20.2 Å². The average Bonchev–Trinajstić information content (AvgIpc) is 2.70. The lowest BCUT2D eigenvalue weighted by atomic mass is 9.93. The van der Waals surface area contributed by atoms with E-state index in [-0.39, 0.29) is 11.5 Å². The highest BCUT2D eigenvalue weighted by atomic mass is 32.2. The molecule has 0 spiro atoms. The molecule has 3 rings (SSSR count). The number of hydrogen-bond donors (Lipinski definition) is 2. The molecule has 1 fully saturated rings. The van der Waals surface area contributed by atoms with Crippen LogP contribution >= 0.6 is 11.8 Å². The maximum atomic E-state index is 12.4. The van der Waals surface area contributed by atoms with Gasteiger partial charge in [-0.2, -0.15) is 11.8 Å². The molecule has 7 heteroatoms. The van der Waals surface area contributed by atoms with Gasteiger partial charge in [-0.1, -0.05) is 12.1 Å². The minimum Gasteiger partial charge on any atom is -0.343 e. The van der Waals surface area contributed by atoms with Gasteiger partial charge in [0.2, 0.25) is 5.91 Å². The Labute approximate surface area is 164 Å². The van der Waals surface area contributed by atoms with Crippen LogP contribution < -0.4 is 10.9 Å². The van der Waals surface area contributed by atoms with E-state index in [4.69, 9.17) is 0 Å². The fourth-order valence-corrected chi connectivity index (χ4v) is 4.30. The Bertz CT molecular complexity index is 815. The molecule has 1 amide bonds. The summed E-state index contributed by atoms with van der Waals surface area (Å²) in [6.07, 6.45) is 3.97. The summed E-state index contributed by atoms with van der Waals surface area (Å²) in [7, 11) is 1.99. The summed E-state index contributed by atoms with van der Waals surface area (Å²) in [5, 5.41) is 3.81. The van der Waals surface area contributed by atoms with Gasteiger partial charge in [0.1, 0.15) is 5.82 Å². The second-order valence-electron chi connectivity index (χ2n) is 7.05. The summed E-state index contributed by atoms with van der Waals surface area (Å²) < 4.78 is 0. The molecular formula is C20H28N4O2S. The summed E-state index contributed by atoms with van der Waals surface area (Å²) in [6, 6.07) is 7.34. The summed E-state index contributed by atoms with van der Waals surface area (Å²) in [6.45, 7) is 2.83. The zero-order valence-electron chi connectivity index (χ0n) is 15.9. The van der Waals surface area contributed by atoms with Crippen LogP contribution in [-0.2, 0) is 10.5 Å². The number of likely N-dealkylation sites (tertiary alicyclic amines) is 1. The molecule has 0 unspecified atom stereocenters. The SMILES string of the molecule is CNCCC1CCN(C(=O)CCSCc2nc3ccccc3c(=O)[nH]2)CC1. The van der Waals surface area contributed by atoms with Crippen LogP contribution in [0, 0.1) is 5.92 Å². The Kier molecular flexibility index (Phi) is 7.29. The summed E-state index contributed by atoms with van der Waals surface area (Å²) in [5.74, 6) is 3.01. The summed E-state index contributed by atoms with van der Waals surface area (Å²) >= 11 is 1.64. The first kappa shape index (κ1) is 19.9. The number of benzene rings is 1. The van der Waals surface area contributed by atoms with Gasteiger partial charge in [-0.3, -0.25) is 9.59 Å². The maximum absolute atomic E-state index is 12.4. The second kappa shape index (κ2) is 9.90. The standard InChI is InChI=1S/C20H28N4O2S/c1-21-10-6-15-7-11-24(12-8-15)19(25)9-13-27-14-18-22-17-5-3-2-4-16(17)20(26)23-18/h2-5,15,21H,6-14H2,1H3,(H,22,23,26). The molecule has 2 N–H and O–H groups in total. The monoisotopic (exact) mass is 388 g/mol. The van der Waals surface area contributed by atoms with Crippen molar-refractivity contribution in [3.05, 3.63) is 40.4 Å². The van der Waals surface area contributed by atoms with Crippen LogP contribution in [0.15, 0.2) is 29.1 Å². The number of thioether (sulfide) groups is 1. The number of hydrogen-bond acceptors (Lipinski definition) is 5. The number of aromatic nitrogens is 2. The molecule has 1 aliphatic heterocycles. The number of H-pyrrole nitrogens is 1. The van der Waals surface area contributed by atoms with Gasteiger partial charge in [0.05, 0.1) is 16.7 Å². The fourth-order valence-electron chi connectivity index (χ4n) is 3.51. The van der Waals surface area contributed by atoms with Gasteiger partial charge < -0.3 is 15.2 Å². The predicted octanol–water partition coefficient (Wildman–Crippen LogP) is 2.39. The molecule has 1 aromatic heterocycles. The molecule has 1 aliphatic rings. The topological polar surface area (TPSA) is 78.1 Å². The number of nitrogens with one attached hydrogen (secondary N) is 2. The predicted molar refractivity (Wildman–Crippen MR) is 111 cm³/mol. The second-order valence-corrected chi connectivity index (χ2v) is 8.15. The fraction of sp³-hybridized carbons (Fsp3) is 0.550. The highest BCUT2D eigenvalue weighted by Crippen LogP contribution is 2.21. The molecule has 6 nitrogen and oxygen atoms in total. The van der Waals surface area contributed by atoms with Crippen molar-refractivity contribution in [2.45, 2.75) is 31.4 Å². The third-order valence-electron chi connectivity index (χ3n) is 5.13.